The number of nitrogens with one attached hydrogen (secondary N) is 1. The zero-order chi connectivity index (χ0) is 36.8. The first kappa shape index (κ1) is 38.8. The molecule has 1 N–H and O–H groups in total. The summed E-state index contributed by atoms with van der Waals surface area (Å²) >= 11 is 0. The van der Waals surface area contributed by atoms with E-state index in [0.29, 0.717) is 12.3 Å². The normalized spacial score (nSPS) is 49.4. The summed E-state index contributed by atoms with van der Waals surface area (Å²) in [5.41, 5.74) is 0.756. The van der Waals surface area contributed by atoms with Crippen LogP contribution in [0.3, 0.4) is 0 Å². The van der Waals surface area contributed by atoms with Crippen LogP contribution in [0.1, 0.15) is 85.5 Å². The molecular formula is C40H63NO11. The van der Waals surface area contributed by atoms with Crippen LogP contribution in [0.25, 0.3) is 0 Å². The van der Waals surface area contributed by atoms with Gasteiger partial charge in [0, 0.05) is 45.1 Å². The maximum absolute atomic E-state index is 14.7. The van der Waals surface area contributed by atoms with E-state index in [0.717, 1.165) is 50.5 Å². The van der Waals surface area contributed by atoms with Crippen molar-refractivity contribution >= 4 is 11.8 Å². The van der Waals surface area contributed by atoms with E-state index in [4.69, 9.17) is 42.6 Å². The van der Waals surface area contributed by atoms with Crippen molar-refractivity contribution in [1.82, 2.24) is 5.32 Å². The molecule has 0 aromatic carbocycles. The fraction of sp³-hybridized carbons (Fsp3) is 0.900. The van der Waals surface area contributed by atoms with Gasteiger partial charge >= 0.3 is 5.97 Å². The van der Waals surface area contributed by atoms with Crippen LogP contribution in [-0.2, 0) is 52.2 Å². The lowest BCUT2D eigenvalue weighted by Gasteiger charge is -2.44. The third-order valence-corrected chi connectivity index (χ3v) is 13.8. The summed E-state index contributed by atoms with van der Waals surface area (Å²) < 4.78 is 56.0. The molecule has 4 heterocycles. The number of rotatable bonds is 9. The van der Waals surface area contributed by atoms with Gasteiger partial charge in [-0.3, -0.25) is 9.59 Å². The van der Waals surface area contributed by atoms with Crippen LogP contribution in [0.2, 0.25) is 0 Å². The van der Waals surface area contributed by atoms with Crippen molar-refractivity contribution in [2.45, 2.75) is 165 Å². The molecule has 0 radical (unpaired) electrons. The Morgan fingerprint density at radius 2 is 1.58 bits per heavy atom. The van der Waals surface area contributed by atoms with Crippen molar-refractivity contribution in [3.05, 3.63) is 11.6 Å². The quantitative estimate of drug-likeness (QED) is 0.267. The van der Waals surface area contributed by atoms with E-state index in [9.17, 15) is 9.59 Å². The number of likely N-dealkylation sites (N-methyl/N-ethyl adjacent to an activating group) is 1. The Morgan fingerprint density at radius 3 is 2.27 bits per heavy atom. The van der Waals surface area contributed by atoms with E-state index in [1.165, 1.54) is 0 Å². The smallest absolute Gasteiger partial charge is 0.306 e. The summed E-state index contributed by atoms with van der Waals surface area (Å²) in [7, 11) is 6.93. The highest BCUT2D eigenvalue weighted by Gasteiger charge is 2.66. The van der Waals surface area contributed by atoms with E-state index >= 15 is 0 Å². The average Bonchev–Trinajstić information content (AvgIpc) is 3.67. The maximum Gasteiger partial charge on any atom is 0.306 e. The number of ether oxygens (including phenoxy) is 9. The van der Waals surface area contributed by atoms with Crippen LogP contribution in [0.15, 0.2) is 11.6 Å². The predicted molar refractivity (Wildman–Crippen MR) is 189 cm³/mol. The molecule has 0 amide bonds. The molecule has 0 aromatic heterocycles. The fourth-order valence-corrected chi connectivity index (χ4v) is 11.0. The van der Waals surface area contributed by atoms with Crippen LogP contribution in [0.5, 0.6) is 0 Å². The van der Waals surface area contributed by atoms with Crippen molar-refractivity contribution in [2.75, 3.05) is 28.4 Å². The third kappa shape index (κ3) is 7.42. The fourth-order valence-electron chi connectivity index (χ4n) is 11.0. The second-order valence-electron chi connectivity index (χ2n) is 16.5. The predicted octanol–water partition coefficient (Wildman–Crippen LogP) is 4.36. The minimum atomic E-state index is -0.606. The van der Waals surface area contributed by atoms with Crippen LogP contribution in [0.4, 0.5) is 0 Å². The summed E-state index contributed by atoms with van der Waals surface area (Å²) in [6, 6.07) is 0.284. The molecule has 12 heteroatoms. The summed E-state index contributed by atoms with van der Waals surface area (Å²) in [5, 5.41) is 3.34. The van der Waals surface area contributed by atoms with E-state index in [-0.39, 0.29) is 115 Å². The van der Waals surface area contributed by atoms with Gasteiger partial charge in [-0.2, -0.15) is 0 Å². The van der Waals surface area contributed by atoms with Gasteiger partial charge in [0.1, 0.15) is 24.4 Å². The molecule has 4 aliphatic heterocycles. The lowest BCUT2D eigenvalue weighted by Crippen LogP contribution is -2.59. The number of methoxy groups -OCH3 is 3. The van der Waals surface area contributed by atoms with Crippen molar-refractivity contribution in [3.63, 3.8) is 0 Å². The Morgan fingerprint density at radius 1 is 0.827 bits per heavy atom. The molecule has 0 bridgehead atoms. The largest absolute Gasteiger partial charge is 0.462 e. The van der Waals surface area contributed by atoms with Gasteiger partial charge in [0.25, 0.3) is 0 Å². The number of allylic oxidation sites excluding steroid dienone is 2. The highest BCUT2D eigenvalue weighted by atomic mass is 16.7. The molecule has 52 heavy (non-hydrogen) atoms. The number of hydrogen-bond donors (Lipinski definition) is 1. The van der Waals surface area contributed by atoms with Crippen LogP contribution >= 0.6 is 0 Å². The average molecular weight is 734 g/mol. The highest BCUT2D eigenvalue weighted by Crippen LogP contribution is 2.63. The number of fused-ring (bicyclic) bond motifs is 8. The first-order chi connectivity index (χ1) is 25.1. The summed E-state index contributed by atoms with van der Waals surface area (Å²) in [4.78, 5) is 28.3. The standard InChI is InChI=1S/C40H63NO11/c1-9-22-11-10-12-30(51-32-14-13-29(41-5)20(3)47-32)19(2)34(43)27-17-25-24-15-23(50-40-39(46-8)38(45-7)35(44-6)21(4)48-40)16-28(24)36-37(52-36)33(25)26(27)18-31(42)49-22/h17,19-26,28-30,32-33,35-41H,9-16,18H2,1-8H3/t19-,20?,21?,22+,23+,24+,25+,26-,28-,29+,30+,32+,33-,35+,36-,37+,38?,39?,40+/m1/s1. The second-order valence-corrected chi connectivity index (χ2v) is 16.5. The van der Waals surface area contributed by atoms with Crippen LogP contribution < -0.4 is 5.32 Å². The van der Waals surface area contributed by atoms with Gasteiger partial charge in [0.2, 0.25) is 0 Å². The monoisotopic (exact) mass is 733 g/mol. The van der Waals surface area contributed by atoms with E-state index in [2.05, 4.69) is 25.2 Å². The lowest BCUT2D eigenvalue weighted by atomic mass is 9.66. The number of carbonyl (C=O) groups excluding carboxylic acids is 2. The van der Waals surface area contributed by atoms with Gasteiger partial charge in [-0.05, 0) is 95.6 Å². The SMILES string of the molecule is CC[C@H]1CCC[C@H](O[C@H]2CC[C@H](NC)C(C)O2)[C@@H](C)C(=O)C2=C[C@H]3[C@@H]4C[C@H](O[C@@H]5OC(C)[C@H](OC)C(OC)C5OC)C[C@H]4[C@H]4O[C@H]4[C@H]3[C@@H]2CC(=O)O1. The van der Waals surface area contributed by atoms with Crippen molar-refractivity contribution < 1.29 is 52.2 Å². The molecule has 3 aliphatic carbocycles. The first-order valence-corrected chi connectivity index (χ1v) is 20.1. The Kier molecular flexibility index (Phi) is 12.2. The van der Waals surface area contributed by atoms with Crippen LogP contribution in [0, 0.1) is 35.5 Å². The molecule has 12 nitrogen and oxygen atoms in total. The minimum absolute atomic E-state index is 0.0110. The van der Waals surface area contributed by atoms with Crippen LogP contribution in [-0.4, -0.2) is 120 Å². The van der Waals surface area contributed by atoms with E-state index in [1.54, 1.807) is 21.3 Å². The first-order valence-electron chi connectivity index (χ1n) is 20.1. The third-order valence-electron chi connectivity index (χ3n) is 13.8. The van der Waals surface area contributed by atoms with Gasteiger partial charge in [0.05, 0.1) is 43.0 Å². The lowest BCUT2D eigenvalue weighted by molar-refractivity contribution is -0.314. The molecule has 0 spiro atoms. The second kappa shape index (κ2) is 16.3. The highest BCUT2D eigenvalue weighted by molar-refractivity contribution is 5.99. The van der Waals surface area contributed by atoms with Gasteiger partial charge in [-0.25, -0.2) is 0 Å². The van der Waals surface area contributed by atoms with E-state index in [1.807, 2.05) is 20.9 Å². The number of epoxide rings is 1. The molecule has 0 aromatic rings. The molecule has 2 saturated carbocycles. The Hall–Kier alpha value is -1.48. The molecule has 6 fully saturated rings. The molecule has 4 saturated heterocycles. The van der Waals surface area contributed by atoms with Crippen molar-refractivity contribution in [1.29, 1.82) is 0 Å². The summed E-state index contributed by atoms with van der Waals surface area (Å²) in [6.07, 6.45) is 6.14. The molecular weight excluding hydrogens is 670 g/mol. The van der Waals surface area contributed by atoms with Gasteiger partial charge in [0.15, 0.2) is 18.4 Å². The summed E-state index contributed by atoms with van der Waals surface area (Å²) in [5.74, 6) is -0.0641. The number of ketones is 1. The number of cyclic esters (lactones) is 1. The molecule has 4 unspecified atom stereocenters. The Bertz CT molecular complexity index is 1300. The topological polar surface area (TPSA) is 133 Å². The molecule has 7 rings (SSSR count). The molecule has 19 atom stereocenters. The number of hydrogen-bond acceptors (Lipinski definition) is 12. The summed E-state index contributed by atoms with van der Waals surface area (Å²) in [6.45, 7) is 8.12. The zero-order valence-electron chi connectivity index (χ0n) is 32.4. The van der Waals surface area contributed by atoms with Crippen molar-refractivity contribution in [3.8, 4) is 0 Å². The van der Waals surface area contributed by atoms with Crippen molar-refractivity contribution in [2.24, 2.45) is 35.5 Å². The maximum atomic E-state index is 14.7. The number of esters is 1. The number of Topliss-reactive ketones (excluding diaryl/α,β-unsaturated/α-hetero) is 1. The molecule has 7 aliphatic rings. The van der Waals surface area contributed by atoms with E-state index < -0.39 is 12.4 Å². The number of carbonyl (C=O) groups is 2. The van der Waals surface area contributed by atoms with Gasteiger partial charge in [-0.1, -0.05) is 19.9 Å². The van der Waals surface area contributed by atoms with Gasteiger partial charge in [-0.15, -0.1) is 0 Å². The zero-order valence-corrected chi connectivity index (χ0v) is 32.4. The minimum Gasteiger partial charge on any atom is -0.462 e. The Labute approximate surface area is 309 Å². The van der Waals surface area contributed by atoms with Gasteiger partial charge < -0.3 is 47.9 Å². The molecule has 294 valence electrons. The Balaban J connectivity index is 1.11.